The molecule has 0 bridgehead atoms. The molecule has 0 atom stereocenters. The molecule has 0 radical (unpaired) electrons. The first kappa shape index (κ1) is 12.7. The Kier molecular flexibility index (Phi) is 3.31. The van der Waals surface area contributed by atoms with Crippen molar-refractivity contribution in [3.63, 3.8) is 0 Å². The lowest BCUT2D eigenvalue weighted by Gasteiger charge is -2.17. The topological polar surface area (TPSA) is 30.7 Å². The molecule has 4 heteroatoms. The lowest BCUT2D eigenvalue weighted by Crippen LogP contribution is -2.11. The molecule has 0 unspecified atom stereocenters. The minimum atomic E-state index is 0.488. The van der Waals surface area contributed by atoms with Gasteiger partial charge >= 0.3 is 0 Å². The fourth-order valence-electron chi connectivity index (χ4n) is 2.86. The summed E-state index contributed by atoms with van der Waals surface area (Å²) in [6.07, 6.45) is 6.56. The van der Waals surface area contributed by atoms with Gasteiger partial charge in [0.2, 0.25) is 0 Å². The van der Waals surface area contributed by atoms with Gasteiger partial charge in [-0.25, -0.2) is 9.97 Å². The summed E-state index contributed by atoms with van der Waals surface area (Å²) in [6, 6.07) is 2.09. The predicted molar refractivity (Wildman–Crippen MR) is 77.0 cm³/mol. The molecule has 1 aliphatic rings. The summed E-state index contributed by atoms with van der Waals surface area (Å²) in [5, 5.41) is 0. The van der Waals surface area contributed by atoms with Crippen LogP contribution >= 0.6 is 11.6 Å². The van der Waals surface area contributed by atoms with E-state index in [1.54, 1.807) is 0 Å². The van der Waals surface area contributed by atoms with E-state index < -0.39 is 0 Å². The Hall–Kier alpha value is -1.35. The fraction of sp³-hybridized carbons (Fsp3) is 0.467. The highest BCUT2D eigenvalue weighted by molar-refractivity contribution is 6.17. The Morgan fingerprint density at radius 1 is 1.26 bits per heavy atom. The van der Waals surface area contributed by atoms with Crippen LogP contribution in [0.15, 0.2) is 12.4 Å². The molecular weight excluding hydrogens is 258 g/mol. The molecule has 0 saturated heterocycles. The molecule has 3 nitrogen and oxygen atoms in total. The van der Waals surface area contributed by atoms with E-state index in [4.69, 9.17) is 16.6 Å². The summed E-state index contributed by atoms with van der Waals surface area (Å²) in [6.45, 7) is 4.12. The molecule has 0 fully saturated rings. The van der Waals surface area contributed by atoms with Gasteiger partial charge in [-0.2, -0.15) is 0 Å². The molecule has 3 rings (SSSR count). The lowest BCUT2D eigenvalue weighted by atomic mass is 10.0. The van der Waals surface area contributed by atoms with Gasteiger partial charge in [0, 0.05) is 17.0 Å². The van der Waals surface area contributed by atoms with E-state index in [2.05, 4.69) is 22.5 Å². The smallest absolute Gasteiger partial charge is 0.143 e. The third kappa shape index (κ3) is 2.16. The molecule has 1 aliphatic carbocycles. The number of rotatable bonds is 2. The van der Waals surface area contributed by atoms with Gasteiger partial charge in [-0.05, 0) is 51.2 Å². The highest BCUT2D eigenvalue weighted by Gasteiger charge is 2.19. The van der Waals surface area contributed by atoms with E-state index in [9.17, 15) is 0 Å². The summed E-state index contributed by atoms with van der Waals surface area (Å²) in [7, 11) is 0. The monoisotopic (exact) mass is 275 g/mol. The van der Waals surface area contributed by atoms with Crippen molar-refractivity contribution in [1.29, 1.82) is 0 Å². The summed E-state index contributed by atoms with van der Waals surface area (Å²) in [5.74, 6) is 1.45. The van der Waals surface area contributed by atoms with Crippen LogP contribution in [0.3, 0.4) is 0 Å². The highest BCUT2D eigenvalue weighted by Crippen LogP contribution is 2.26. The number of halogens is 1. The van der Waals surface area contributed by atoms with Gasteiger partial charge in [0.15, 0.2) is 0 Å². The third-order valence-corrected chi connectivity index (χ3v) is 4.11. The van der Waals surface area contributed by atoms with Gasteiger partial charge in [-0.3, -0.25) is 4.57 Å². The average molecular weight is 276 g/mol. The van der Waals surface area contributed by atoms with Gasteiger partial charge in [0.05, 0.1) is 11.6 Å². The Bertz CT molecular complexity index is 616. The second-order valence-electron chi connectivity index (χ2n) is 5.23. The standard InChI is InChI=1S/C15H18ClN3/c1-10-7-11(2)18-15(12(10)8-16)19-9-17-13-5-3-4-6-14(13)19/h7,9H,3-6,8H2,1-2H3. The number of aromatic nitrogens is 3. The predicted octanol–water partition coefficient (Wildman–Crippen LogP) is 3.50. The lowest BCUT2D eigenvalue weighted by molar-refractivity contribution is 0.653. The minimum Gasteiger partial charge on any atom is -0.287 e. The molecule has 0 aliphatic heterocycles. The molecule has 2 aromatic heterocycles. The summed E-state index contributed by atoms with van der Waals surface area (Å²) in [4.78, 5) is 9.24. The maximum absolute atomic E-state index is 6.12. The molecule has 0 saturated carbocycles. The van der Waals surface area contributed by atoms with Crippen LogP contribution in [0.1, 0.15) is 41.1 Å². The van der Waals surface area contributed by atoms with Crippen molar-refractivity contribution >= 4 is 11.6 Å². The minimum absolute atomic E-state index is 0.488. The largest absolute Gasteiger partial charge is 0.287 e. The molecule has 2 heterocycles. The van der Waals surface area contributed by atoms with Gasteiger partial charge in [0.25, 0.3) is 0 Å². The molecule has 100 valence electrons. The van der Waals surface area contributed by atoms with Gasteiger partial charge in [-0.1, -0.05) is 0 Å². The van der Waals surface area contributed by atoms with Crippen molar-refractivity contribution in [1.82, 2.24) is 14.5 Å². The second kappa shape index (κ2) is 4.97. The molecule has 19 heavy (non-hydrogen) atoms. The number of imidazole rings is 1. The Labute approximate surface area is 118 Å². The van der Waals surface area contributed by atoms with E-state index in [0.717, 1.165) is 29.9 Å². The van der Waals surface area contributed by atoms with Gasteiger partial charge in [-0.15, -0.1) is 11.6 Å². The van der Waals surface area contributed by atoms with E-state index in [1.165, 1.54) is 29.8 Å². The van der Waals surface area contributed by atoms with E-state index >= 15 is 0 Å². The van der Waals surface area contributed by atoms with Gasteiger partial charge in [0.1, 0.15) is 12.1 Å². The first-order chi connectivity index (χ1) is 9.20. The number of pyridine rings is 1. The van der Waals surface area contributed by atoms with E-state index in [-0.39, 0.29) is 0 Å². The molecule has 0 N–H and O–H groups in total. The Morgan fingerprint density at radius 2 is 2.05 bits per heavy atom. The zero-order valence-electron chi connectivity index (χ0n) is 11.4. The molecule has 0 amide bonds. The van der Waals surface area contributed by atoms with Crippen LogP contribution in [0, 0.1) is 13.8 Å². The van der Waals surface area contributed by atoms with Crippen LogP contribution in [0.2, 0.25) is 0 Å². The van der Waals surface area contributed by atoms with Crippen molar-refractivity contribution in [3.8, 4) is 5.82 Å². The van der Waals surface area contributed by atoms with E-state index in [1.807, 2.05) is 13.3 Å². The third-order valence-electron chi connectivity index (χ3n) is 3.85. The van der Waals surface area contributed by atoms with Crippen molar-refractivity contribution < 1.29 is 0 Å². The highest BCUT2D eigenvalue weighted by atomic mass is 35.5. The summed E-state index contributed by atoms with van der Waals surface area (Å²) >= 11 is 6.12. The summed E-state index contributed by atoms with van der Waals surface area (Å²) < 4.78 is 2.15. The van der Waals surface area contributed by atoms with Crippen LogP contribution in [-0.2, 0) is 18.7 Å². The maximum Gasteiger partial charge on any atom is 0.143 e. The van der Waals surface area contributed by atoms with Crippen LogP contribution in [-0.4, -0.2) is 14.5 Å². The Balaban J connectivity index is 2.19. The average Bonchev–Trinajstić information content (AvgIpc) is 2.81. The summed E-state index contributed by atoms with van der Waals surface area (Å²) in [5.41, 5.74) is 5.89. The first-order valence-electron chi connectivity index (χ1n) is 6.79. The number of hydrogen-bond acceptors (Lipinski definition) is 2. The second-order valence-corrected chi connectivity index (χ2v) is 5.50. The molecule has 0 aromatic carbocycles. The number of nitrogens with zero attached hydrogens (tertiary/aromatic N) is 3. The van der Waals surface area contributed by atoms with Crippen molar-refractivity contribution in [2.75, 3.05) is 0 Å². The van der Waals surface area contributed by atoms with Crippen LogP contribution < -0.4 is 0 Å². The zero-order valence-corrected chi connectivity index (χ0v) is 12.2. The van der Waals surface area contributed by atoms with Crippen molar-refractivity contribution in [3.05, 3.63) is 40.6 Å². The number of alkyl halides is 1. The quantitative estimate of drug-likeness (QED) is 0.786. The number of hydrogen-bond donors (Lipinski definition) is 0. The van der Waals surface area contributed by atoms with Crippen LogP contribution in [0.25, 0.3) is 5.82 Å². The Morgan fingerprint density at radius 3 is 2.84 bits per heavy atom. The normalized spacial score (nSPS) is 14.5. The van der Waals surface area contributed by atoms with Crippen LogP contribution in [0.5, 0.6) is 0 Å². The number of aryl methyl sites for hydroxylation is 3. The molecule has 2 aromatic rings. The first-order valence-corrected chi connectivity index (χ1v) is 7.32. The molecular formula is C15H18ClN3. The van der Waals surface area contributed by atoms with Crippen molar-refractivity contribution in [2.24, 2.45) is 0 Å². The number of fused-ring (bicyclic) bond motifs is 1. The van der Waals surface area contributed by atoms with Crippen LogP contribution in [0.4, 0.5) is 0 Å². The SMILES string of the molecule is Cc1cc(C)c(CCl)c(-n2cnc3c2CCCC3)n1. The zero-order chi connectivity index (χ0) is 13.4. The van der Waals surface area contributed by atoms with E-state index in [0.29, 0.717) is 5.88 Å². The molecule has 0 spiro atoms. The maximum atomic E-state index is 6.12. The fourth-order valence-corrected chi connectivity index (χ4v) is 3.19. The van der Waals surface area contributed by atoms with Crippen molar-refractivity contribution in [2.45, 2.75) is 45.4 Å². The van der Waals surface area contributed by atoms with Gasteiger partial charge < -0.3 is 0 Å².